The van der Waals surface area contributed by atoms with E-state index in [-0.39, 0.29) is 5.97 Å². The fraction of sp³-hybridized carbons (Fsp3) is 0.500. The minimum absolute atomic E-state index is 0.208. The van der Waals surface area contributed by atoms with Gasteiger partial charge in [-0.15, -0.1) is 0 Å². The van der Waals surface area contributed by atoms with Crippen LogP contribution in [0.25, 0.3) is 0 Å². The van der Waals surface area contributed by atoms with Crippen LogP contribution in [0.4, 0.5) is 0 Å². The zero-order valence-corrected chi connectivity index (χ0v) is 10.2. The molecular formula is C14H20O2. The number of esters is 1. The van der Waals surface area contributed by atoms with Gasteiger partial charge in [-0.3, -0.25) is 0 Å². The Balaban J connectivity index is 2.30. The minimum atomic E-state index is -0.208. The van der Waals surface area contributed by atoms with Crippen molar-refractivity contribution in [1.29, 1.82) is 0 Å². The molecule has 16 heavy (non-hydrogen) atoms. The topological polar surface area (TPSA) is 26.3 Å². The molecule has 0 amide bonds. The fourth-order valence-corrected chi connectivity index (χ4v) is 1.55. The fourth-order valence-electron chi connectivity index (χ4n) is 1.55. The van der Waals surface area contributed by atoms with Gasteiger partial charge in [0, 0.05) is 0 Å². The molecule has 0 heterocycles. The molecule has 2 nitrogen and oxygen atoms in total. The lowest BCUT2D eigenvalue weighted by molar-refractivity contribution is 0.0497. The summed E-state index contributed by atoms with van der Waals surface area (Å²) in [5.74, 6) is -0.208. The van der Waals surface area contributed by atoms with Crippen LogP contribution in [0.3, 0.4) is 0 Å². The highest BCUT2D eigenvalue weighted by atomic mass is 16.5. The summed E-state index contributed by atoms with van der Waals surface area (Å²) in [5, 5.41) is 0. The van der Waals surface area contributed by atoms with E-state index in [4.69, 9.17) is 4.74 Å². The Bertz CT molecular complexity index is 331. The Hall–Kier alpha value is -1.31. The summed E-state index contributed by atoms with van der Waals surface area (Å²) in [6.07, 6.45) is 4.51. The average Bonchev–Trinajstić information content (AvgIpc) is 2.28. The second-order valence-corrected chi connectivity index (χ2v) is 4.07. The Morgan fingerprint density at radius 3 is 2.75 bits per heavy atom. The lowest BCUT2D eigenvalue weighted by atomic mass is 10.1. The molecule has 1 rings (SSSR count). The summed E-state index contributed by atoms with van der Waals surface area (Å²) < 4.78 is 5.19. The molecule has 1 aromatic rings. The third kappa shape index (κ3) is 4.47. The van der Waals surface area contributed by atoms with Gasteiger partial charge < -0.3 is 4.74 Å². The van der Waals surface area contributed by atoms with E-state index < -0.39 is 0 Å². The SMILES string of the molecule is CCCCCCOC(=O)c1cccc(C)c1. The van der Waals surface area contributed by atoms with Crippen LogP contribution >= 0.6 is 0 Å². The Labute approximate surface area is 97.6 Å². The van der Waals surface area contributed by atoms with Crippen molar-refractivity contribution >= 4 is 5.97 Å². The van der Waals surface area contributed by atoms with Crippen molar-refractivity contribution in [2.45, 2.75) is 39.5 Å². The van der Waals surface area contributed by atoms with E-state index >= 15 is 0 Å². The highest BCUT2D eigenvalue weighted by Gasteiger charge is 2.05. The predicted molar refractivity (Wildman–Crippen MR) is 65.6 cm³/mol. The van der Waals surface area contributed by atoms with Crippen molar-refractivity contribution in [3.8, 4) is 0 Å². The lowest BCUT2D eigenvalue weighted by Gasteiger charge is -2.04. The molecule has 0 spiro atoms. The third-order valence-electron chi connectivity index (χ3n) is 2.48. The molecule has 0 radical (unpaired) electrons. The van der Waals surface area contributed by atoms with E-state index in [0.717, 1.165) is 18.4 Å². The molecule has 0 aliphatic heterocycles. The number of hydrogen-bond donors (Lipinski definition) is 0. The van der Waals surface area contributed by atoms with Gasteiger partial charge in [0.25, 0.3) is 0 Å². The smallest absolute Gasteiger partial charge is 0.338 e. The van der Waals surface area contributed by atoms with Gasteiger partial charge in [-0.25, -0.2) is 4.79 Å². The molecule has 1 aromatic carbocycles. The van der Waals surface area contributed by atoms with E-state index in [2.05, 4.69) is 6.92 Å². The van der Waals surface area contributed by atoms with Gasteiger partial charge in [-0.1, -0.05) is 43.9 Å². The first-order chi connectivity index (χ1) is 7.74. The Morgan fingerprint density at radius 2 is 2.06 bits per heavy atom. The van der Waals surface area contributed by atoms with Gasteiger partial charge in [0.05, 0.1) is 12.2 Å². The molecule has 0 fully saturated rings. The van der Waals surface area contributed by atoms with Crippen LogP contribution in [-0.2, 0) is 4.74 Å². The van der Waals surface area contributed by atoms with Crippen LogP contribution < -0.4 is 0 Å². The number of aryl methyl sites for hydroxylation is 1. The van der Waals surface area contributed by atoms with Crippen LogP contribution in [0.15, 0.2) is 24.3 Å². The molecule has 0 aromatic heterocycles. The molecular weight excluding hydrogens is 200 g/mol. The Kier molecular flexibility index (Phi) is 5.62. The lowest BCUT2D eigenvalue weighted by Crippen LogP contribution is -2.06. The third-order valence-corrected chi connectivity index (χ3v) is 2.48. The quantitative estimate of drug-likeness (QED) is 0.539. The maximum absolute atomic E-state index is 11.6. The van der Waals surface area contributed by atoms with E-state index in [1.54, 1.807) is 6.07 Å². The van der Waals surface area contributed by atoms with E-state index in [0.29, 0.717) is 12.2 Å². The van der Waals surface area contributed by atoms with Crippen molar-refractivity contribution in [3.05, 3.63) is 35.4 Å². The first kappa shape index (κ1) is 12.8. The molecule has 0 unspecified atom stereocenters. The monoisotopic (exact) mass is 220 g/mol. The van der Waals surface area contributed by atoms with Crippen LogP contribution in [0.2, 0.25) is 0 Å². The summed E-state index contributed by atoms with van der Waals surface area (Å²) in [5.41, 5.74) is 1.73. The normalized spacial score (nSPS) is 10.1. The van der Waals surface area contributed by atoms with Crippen molar-refractivity contribution < 1.29 is 9.53 Å². The van der Waals surface area contributed by atoms with Gasteiger partial charge in [0.15, 0.2) is 0 Å². The molecule has 88 valence electrons. The summed E-state index contributed by atoms with van der Waals surface area (Å²) >= 11 is 0. The number of hydrogen-bond acceptors (Lipinski definition) is 2. The summed E-state index contributed by atoms with van der Waals surface area (Å²) in [6, 6.07) is 7.50. The first-order valence-electron chi connectivity index (χ1n) is 5.98. The van der Waals surface area contributed by atoms with Crippen LogP contribution in [0.5, 0.6) is 0 Å². The zero-order chi connectivity index (χ0) is 11.8. The van der Waals surface area contributed by atoms with Crippen LogP contribution in [-0.4, -0.2) is 12.6 Å². The average molecular weight is 220 g/mol. The second-order valence-electron chi connectivity index (χ2n) is 4.07. The highest BCUT2D eigenvalue weighted by molar-refractivity contribution is 5.89. The van der Waals surface area contributed by atoms with E-state index in [1.165, 1.54) is 12.8 Å². The van der Waals surface area contributed by atoms with Gasteiger partial charge >= 0.3 is 5.97 Å². The minimum Gasteiger partial charge on any atom is -0.462 e. The Morgan fingerprint density at radius 1 is 1.25 bits per heavy atom. The maximum Gasteiger partial charge on any atom is 0.338 e. The van der Waals surface area contributed by atoms with E-state index in [9.17, 15) is 4.79 Å². The van der Waals surface area contributed by atoms with Crippen LogP contribution in [0.1, 0.15) is 48.5 Å². The number of unbranched alkanes of at least 4 members (excludes halogenated alkanes) is 3. The zero-order valence-electron chi connectivity index (χ0n) is 10.2. The maximum atomic E-state index is 11.6. The highest BCUT2D eigenvalue weighted by Crippen LogP contribution is 2.06. The van der Waals surface area contributed by atoms with Crippen molar-refractivity contribution in [2.24, 2.45) is 0 Å². The summed E-state index contributed by atoms with van der Waals surface area (Å²) in [4.78, 5) is 11.6. The summed E-state index contributed by atoms with van der Waals surface area (Å²) in [7, 11) is 0. The molecule has 0 N–H and O–H groups in total. The van der Waals surface area contributed by atoms with Gasteiger partial charge in [0.1, 0.15) is 0 Å². The number of rotatable bonds is 6. The largest absolute Gasteiger partial charge is 0.462 e. The number of carbonyl (C=O) groups excluding carboxylic acids is 1. The number of ether oxygens (including phenoxy) is 1. The molecule has 0 saturated heterocycles. The van der Waals surface area contributed by atoms with Crippen molar-refractivity contribution in [3.63, 3.8) is 0 Å². The van der Waals surface area contributed by atoms with Gasteiger partial charge in [-0.2, -0.15) is 0 Å². The standard InChI is InChI=1S/C14H20O2/c1-3-4-5-6-10-16-14(15)13-9-7-8-12(2)11-13/h7-9,11H,3-6,10H2,1-2H3. The molecule has 0 bridgehead atoms. The van der Waals surface area contributed by atoms with Crippen LogP contribution in [0, 0.1) is 6.92 Å². The molecule has 0 atom stereocenters. The van der Waals surface area contributed by atoms with Gasteiger partial charge in [0.2, 0.25) is 0 Å². The molecule has 0 aliphatic carbocycles. The summed E-state index contributed by atoms with van der Waals surface area (Å²) in [6.45, 7) is 4.67. The van der Waals surface area contributed by atoms with E-state index in [1.807, 2.05) is 25.1 Å². The van der Waals surface area contributed by atoms with Crippen molar-refractivity contribution in [2.75, 3.05) is 6.61 Å². The van der Waals surface area contributed by atoms with Gasteiger partial charge in [-0.05, 0) is 25.5 Å². The second kappa shape index (κ2) is 7.04. The van der Waals surface area contributed by atoms with Crippen molar-refractivity contribution in [1.82, 2.24) is 0 Å². The first-order valence-corrected chi connectivity index (χ1v) is 5.98. The molecule has 0 saturated carbocycles. The number of benzene rings is 1. The molecule has 2 heteroatoms. The molecule has 0 aliphatic rings. The number of carbonyl (C=O) groups is 1. The predicted octanol–water partition coefficient (Wildman–Crippen LogP) is 3.73.